The van der Waals surface area contributed by atoms with E-state index < -0.39 is 5.97 Å². The van der Waals surface area contributed by atoms with E-state index in [0.29, 0.717) is 23.9 Å². The summed E-state index contributed by atoms with van der Waals surface area (Å²) in [5, 5.41) is 27.2. The topological polar surface area (TPSA) is 95.8 Å². The van der Waals surface area contributed by atoms with Crippen LogP contribution in [0.15, 0.2) is 36.4 Å². The number of carbonyl (C=O) groups is 1. The zero-order valence-electron chi connectivity index (χ0n) is 19.8. The Hall–Kier alpha value is -2.52. The molecule has 3 aromatic rings. The molecule has 182 valence electrons. The number of ether oxygens (including phenoxy) is 1. The third-order valence-electron chi connectivity index (χ3n) is 5.52. The van der Waals surface area contributed by atoms with Crippen LogP contribution in [-0.2, 0) is 17.8 Å². The fourth-order valence-electron chi connectivity index (χ4n) is 3.93. The van der Waals surface area contributed by atoms with Gasteiger partial charge in [0.2, 0.25) is 0 Å². The van der Waals surface area contributed by atoms with E-state index in [4.69, 9.17) is 26.6 Å². The molecule has 0 spiro atoms. The highest BCUT2D eigenvalue weighted by Crippen LogP contribution is 2.36. The molecule has 2 aromatic carbocycles. The van der Waals surface area contributed by atoms with Crippen molar-refractivity contribution in [1.82, 2.24) is 15.1 Å². The molecule has 1 aromatic heterocycles. The molecule has 0 saturated carbocycles. The number of carboxylic acid groups (broad SMARTS) is 1. The summed E-state index contributed by atoms with van der Waals surface area (Å²) in [4.78, 5) is 13.3. The van der Waals surface area contributed by atoms with Gasteiger partial charge in [-0.15, -0.1) is 10.2 Å². The maximum Gasteiger partial charge on any atom is 0.309 e. The normalized spacial score (nSPS) is 13.9. The molecule has 34 heavy (non-hydrogen) atoms. The Morgan fingerprint density at radius 1 is 1.21 bits per heavy atom. The second-order valence-corrected chi connectivity index (χ2v) is 9.63. The maximum atomic E-state index is 11.1. The molecule has 0 unspecified atom stereocenters. The zero-order valence-corrected chi connectivity index (χ0v) is 21.4. The number of likely N-dealkylation sites (tertiary alicyclic amines) is 1. The maximum absolute atomic E-state index is 11.1. The second-order valence-electron chi connectivity index (χ2n) is 8.25. The first-order chi connectivity index (χ1) is 16.4. The summed E-state index contributed by atoms with van der Waals surface area (Å²) in [6.07, 6.45) is 0.918. The average molecular weight is 504 g/mol. The van der Waals surface area contributed by atoms with Gasteiger partial charge in [0.15, 0.2) is 0 Å². The third-order valence-corrected chi connectivity index (χ3v) is 6.82. The van der Waals surface area contributed by atoms with Crippen molar-refractivity contribution in [1.29, 1.82) is 0 Å². The van der Waals surface area contributed by atoms with E-state index in [-0.39, 0.29) is 12.0 Å². The number of carboxylic acids is 1. The molecule has 1 fully saturated rings. The Labute approximate surface area is 209 Å². The number of aromatic nitrogens is 2. The number of aliphatic hydroxyl groups excluding tert-OH is 1. The van der Waals surface area contributed by atoms with Gasteiger partial charge in [-0.1, -0.05) is 48.1 Å². The molecular formula is C25H30ClN3O4S. The van der Waals surface area contributed by atoms with Crippen molar-refractivity contribution in [3.8, 4) is 26.9 Å². The fraction of sp³-hybridized carbons (Fsp3) is 0.400. The van der Waals surface area contributed by atoms with Crippen molar-refractivity contribution in [2.75, 3.05) is 20.2 Å². The third kappa shape index (κ3) is 5.93. The van der Waals surface area contributed by atoms with Crippen LogP contribution in [0.5, 0.6) is 5.75 Å². The number of benzene rings is 2. The number of halogens is 1. The van der Waals surface area contributed by atoms with Crippen LogP contribution >= 0.6 is 22.9 Å². The molecule has 9 heteroatoms. The van der Waals surface area contributed by atoms with Crippen LogP contribution in [0.4, 0.5) is 0 Å². The van der Waals surface area contributed by atoms with E-state index in [2.05, 4.69) is 34.2 Å². The first-order valence-corrected chi connectivity index (χ1v) is 12.4. The Morgan fingerprint density at radius 2 is 1.91 bits per heavy atom. The Bertz CT molecular complexity index is 1130. The number of hydrogen-bond donors (Lipinski definition) is 2. The van der Waals surface area contributed by atoms with Gasteiger partial charge in [0.25, 0.3) is 0 Å². The van der Waals surface area contributed by atoms with Gasteiger partial charge >= 0.3 is 5.97 Å². The Kier molecular flexibility index (Phi) is 9.02. The van der Waals surface area contributed by atoms with Crippen LogP contribution in [-0.4, -0.2) is 57.6 Å². The minimum Gasteiger partial charge on any atom is -0.489 e. The van der Waals surface area contributed by atoms with Gasteiger partial charge in [0.05, 0.1) is 17.0 Å². The van der Waals surface area contributed by atoms with Crippen LogP contribution in [0.2, 0.25) is 5.02 Å². The fourth-order valence-corrected chi connectivity index (χ4v) is 5.05. The largest absolute Gasteiger partial charge is 0.489 e. The van der Waals surface area contributed by atoms with Crippen molar-refractivity contribution in [2.45, 2.75) is 39.8 Å². The van der Waals surface area contributed by atoms with Gasteiger partial charge in [0.1, 0.15) is 15.8 Å². The van der Waals surface area contributed by atoms with Gasteiger partial charge in [-0.05, 0) is 49.6 Å². The molecule has 1 aliphatic rings. The molecular weight excluding hydrogens is 474 g/mol. The first-order valence-electron chi connectivity index (χ1n) is 11.2. The molecule has 0 amide bonds. The van der Waals surface area contributed by atoms with E-state index >= 15 is 0 Å². The Balaban J connectivity index is 0.00000158. The summed E-state index contributed by atoms with van der Waals surface area (Å²) in [5.74, 6) is -0.304. The molecule has 0 aliphatic carbocycles. The smallest absolute Gasteiger partial charge is 0.309 e. The average Bonchev–Trinajstić information content (AvgIpc) is 3.28. The molecule has 2 heterocycles. The molecule has 4 rings (SSSR count). The Morgan fingerprint density at radius 3 is 2.53 bits per heavy atom. The quantitative estimate of drug-likeness (QED) is 0.446. The number of hydrogen-bond acceptors (Lipinski definition) is 7. The zero-order chi connectivity index (χ0) is 24.8. The van der Waals surface area contributed by atoms with Gasteiger partial charge < -0.3 is 14.9 Å². The monoisotopic (exact) mass is 503 g/mol. The van der Waals surface area contributed by atoms with Crippen LogP contribution in [0, 0.1) is 5.92 Å². The molecule has 0 radical (unpaired) electrons. The number of aliphatic carboxylic acids is 1. The molecule has 2 N–H and O–H groups in total. The lowest BCUT2D eigenvalue weighted by molar-refractivity contribution is -0.147. The highest BCUT2D eigenvalue weighted by atomic mass is 35.5. The second kappa shape index (κ2) is 11.8. The van der Waals surface area contributed by atoms with Crippen molar-refractivity contribution < 1.29 is 19.7 Å². The van der Waals surface area contributed by atoms with Gasteiger partial charge in [-0.2, -0.15) is 0 Å². The van der Waals surface area contributed by atoms with Crippen LogP contribution in [0.25, 0.3) is 21.1 Å². The van der Waals surface area contributed by atoms with Gasteiger partial charge in [-0.3, -0.25) is 9.69 Å². The van der Waals surface area contributed by atoms with E-state index in [1.54, 1.807) is 0 Å². The molecule has 7 nitrogen and oxygen atoms in total. The van der Waals surface area contributed by atoms with E-state index in [0.717, 1.165) is 41.2 Å². The number of rotatable bonds is 8. The molecule has 1 aliphatic heterocycles. The number of aliphatic hydroxyl groups is 1. The standard InChI is InChI=1S/C24H26ClN3O3S.CH4O/c1-4-18-16(11-28-12-17(13-28)24(29)30)6-5-7-19(18)23-27-26-22(32-23)15-8-9-21(20(25)10-15)31-14(2)3;1-2/h5-10,14,17H,4,11-13H2,1-3H3,(H,29,30);2H,1H3. The van der Waals surface area contributed by atoms with Gasteiger partial charge in [0, 0.05) is 37.9 Å². The highest BCUT2D eigenvalue weighted by Gasteiger charge is 2.32. The lowest BCUT2D eigenvalue weighted by atomic mass is 9.95. The number of nitrogens with zero attached hydrogens (tertiary/aromatic N) is 3. The molecule has 1 saturated heterocycles. The SMILES string of the molecule is CCc1c(CN2CC(C(=O)O)C2)cccc1-c1nnc(-c2ccc(OC(C)C)c(Cl)c2)s1.CO. The van der Waals surface area contributed by atoms with Crippen molar-refractivity contribution >= 4 is 28.9 Å². The van der Waals surface area contributed by atoms with E-state index in [9.17, 15) is 4.79 Å². The van der Waals surface area contributed by atoms with Gasteiger partial charge in [-0.25, -0.2) is 0 Å². The van der Waals surface area contributed by atoms with Crippen LogP contribution in [0.1, 0.15) is 31.9 Å². The minimum atomic E-state index is -0.712. The summed E-state index contributed by atoms with van der Waals surface area (Å²) in [7, 11) is 1.00. The predicted molar refractivity (Wildman–Crippen MR) is 135 cm³/mol. The summed E-state index contributed by atoms with van der Waals surface area (Å²) in [6, 6.07) is 11.9. The first kappa shape index (κ1) is 26.1. The van der Waals surface area contributed by atoms with E-state index in [1.165, 1.54) is 22.5 Å². The summed E-state index contributed by atoms with van der Waals surface area (Å²) in [6.45, 7) is 8.01. The predicted octanol–water partition coefficient (Wildman–Crippen LogP) is 5.00. The summed E-state index contributed by atoms with van der Waals surface area (Å²) >= 11 is 7.94. The van der Waals surface area contributed by atoms with Crippen LogP contribution in [0.3, 0.4) is 0 Å². The molecule has 0 atom stereocenters. The molecule has 0 bridgehead atoms. The van der Waals surface area contributed by atoms with E-state index in [1.807, 2.05) is 38.1 Å². The van der Waals surface area contributed by atoms with Crippen molar-refractivity contribution in [3.05, 3.63) is 52.5 Å². The lowest BCUT2D eigenvalue weighted by Crippen LogP contribution is -2.49. The highest BCUT2D eigenvalue weighted by molar-refractivity contribution is 7.17. The van der Waals surface area contributed by atoms with Crippen molar-refractivity contribution in [3.63, 3.8) is 0 Å². The van der Waals surface area contributed by atoms with Crippen LogP contribution < -0.4 is 4.74 Å². The lowest BCUT2D eigenvalue weighted by Gasteiger charge is -2.37. The minimum absolute atomic E-state index is 0.0532. The summed E-state index contributed by atoms with van der Waals surface area (Å²) in [5.41, 5.74) is 4.43. The summed E-state index contributed by atoms with van der Waals surface area (Å²) < 4.78 is 5.72. The van der Waals surface area contributed by atoms with Crippen molar-refractivity contribution in [2.24, 2.45) is 5.92 Å².